The van der Waals surface area contributed by atoms with Crippen molar-refractivity contribution in [2.24, 2.45) is 0 Å². The van der Waals surface area contributed by atoms with Gasteiger partial charge in [0.25, 0.3) is 0 Å². The predicted octanol–water partition coefficient (Wildman–Crippen LogP) is 4.76. The Kier molecular flexibility index (Phi) is 4.51. The summed E-state index contributed by atoms with van der Waals surface area (Å²) in [5.41, 5.74) is 4.54. The molecule has 5 nitrogen and oxygen atoms in total. The van der Waals surface area contributed by atoms with Crippen LogP contribution in [-0.2, 0) is 6.61 Å². The van der Waals surface area contributed by atoms with E-state index in [9.17, 15) is 9.50 Å². The lowest BCUT2D eigenvalue weighted by atomic mass is 10.1. The number of aliphatic hydroxyl groups is 1. The number of nitrogens with zero attached hydrogens (tertiary/aromatic N) is 3. The van der Waals surface area contributed by atoms with Crippen molar-refractivity contribution in [1.82, 2.24) is 14.5 Å². The summed E-state index contributed by atoms with van der Waals surface area (Å²) in [4.78, 5) is 8.67. The SMILES string of the molecule is Cc1cn(-c2ccc3ncc(CO)c(Nc4ccc(F)c(Cl)c4)c3c2)cn1. The van der Waals surface area contributed by atoms with E-state index >= 15 is 0 Å². The van der Waals surface area contributed by atoms with Gasteiger partial charge in [0.15, 0.2) is 0 Å². The molecule has 0 saturated carbocycles. The van der Waals surface area contributed by atoms with Crippen molar-refractivity contribution in [1.29, 1.82) is 0 Å². The molecule has 0 saturated heterocycles. The van der Waals surface area contributed by atoms with Gasteiger partial charge in [-0.25, -0.2) is 9.37 Å². The van der Waals surface area contributed by atoms with E-state index in [2.05, 4.69) is 15.3 Å². The second-order valence-electron chi connectivity index (χ2n) is 6.19. The Balaban J connectivity index is 1.86. The van der Waals surface area contributed by atoms with Crippen LogP contribution in [-0.4, -0.2) is 19.6 Å². The Labute approximate surface area is 160 Å². The summed E-state index contributed by atoms with van der Waals surface area (Å²) in [6.07, 6.45) is 5.29. The van der Waals surface area contributed by atoms with Gasteiger partial charge in [-0.05, 0) is 43.3 Å². The van der Waals surface area contributed by atoms with Crippen molar-refractivity contribution in [3.05, 3.63) is 77.2 Å². The van der Waals surface area contributed by atoms with E-state index in [1.165, 1.54) is 12.1 Å². The third kappa shape index (κ3) is 3.37. The van der Waals surface area contributed by atoms with E-state index in [4.69, 9.17) is 11.6 Å². The normalized spacial score (nSPS) is 11.1. The molecule has 0 atom stereocenters. The number of aliphatic hydroxyl groups excluding tert-OH is 1. The molecule has 0 unspecified atom stereocenters. The molecule has 0 aliphatic heterocycles. The highest BCUT2D eigenvalue weighted by atomic mass is 35.5. The van der Waals surface area contributed by atoms with Crippen molar-refractivity contribution >= 4 is 33.9 Å². The fraction of sp³-hybridized carbons (Fsp3) is 0.100. The molecule has 0 fully saturated rings. The monoisotopic (exact) mass is 382 g/mol. The fourth-order valence-electron chi connectivity index (χ4n) is 2.93. The molecule has 4 aromatic rings. The smallest absolute Gasteiger partial charge is 0.141 e. The van der Waals surface area contributed by atoms with Gasteiger partial charge in [0.05, 0.1) is 34.9 Å². The minimum Gasteiger partial charge on any atom is -0.392 e. The number of pyridine rings is 1. The summed E-state index contributed by atoms with van der Waals surface area (Å²) in [6, 6.07) is 10.2. The van der Waals surface area contributed by atoms with Gasteiger partial charge in [-0.2, -0.15) is 0 Å². The number of hydrogen-bond acceptors (Lipinski definition) is 4. The van der Waals surface area contributed by atoms with Crippen LogP contribution in [0.15, 0.2) is 55.1 Å². The number of halogens is 2. The zero-order chi connectivity index (χ0) is 19.0. The van der Waals surface area contributed by atoms with Gasteiger partial charge in [0.1, 0.15) is 5.82 Å². The average Bonchev–Trinajstić information content (AvgIpc) is 3.11. The lowest BCUT2D eigenvalue weighted by molar-refractivity contribution is 0.282. The van der Waals surface area contributed by atoms with Gasteiger partial charge < -0.3 is 15.0 Å². The highest BCUT2D eigenvalue weighted by Gasteiger charge is 2.11. The van der Waals surface area contributed by atoms with Crippen LogP contribution in [0.25, 0.3) is 16.6 Å². The van der Waals surface area contributed by atoms with Crippen LogP contribution in [0, 0.1) is 12.7 Å². The van der Waals surface area contributed by atoms with Crippen LogP contribution in [0.2, 0.25) is 5.02 Å². The molecule has 0 aliphatic carbocycles. The number of benzene rings is 2. The highest BCUT2D eigenvalue weighted by Crippen LogP contribution is 2.32. The number of aryl methyl sites for hydroxylation is 1. The highest BCUT2D eigenvalue weighted by molar-refractivity contribution is 6.31. The number of fused-ring (bicyclic) bond motifs is 1. The Morgan fingerprint density at radius 1 is 1.19 bits per heavy atom. The minimum absolute atomic E-state index is 0.0264. The summed E-state index contributed by atoms with van der Waals surface area (Å²) < 4.78 is 15.4. The maximum absolute atomic E-state index is 13.5. The van der Waals surface area contributed by atoms with E-state index in [1.54, 1.807) is 18.6 Å². The molecular formula is C20H16ClFN4O. The number of anilines is 2. The van der Waals surface area contributed by atoms with E-state index < -0.39 is 5.82 Å². The van der Waals surface area contributed by atoms with Crippen molar-refractivity contribution in [3.63, 3.8) is 0 Å². The maximum atomic E-state index is 13.5. The van der Waals surface area contributed by atoms with Crippen LogP contribution < -0.4 is 5.32 Å². The number of hydrogen-bond donors (Lipinski definition) is 2. The zero-order valence-corrected chi connectivity index (χ0v) is 15.2. The van der Waals surface area contributed by atoms with Gasteiger partial charge in [0, 0.05) is 34.7 Å². The third-order valence-corrected chi connectivity index (χ3v) is 4.59. The molecule has 0 radical (unpaired) electrons. The van der Waals surface area contributed by atoms with Crippen molar-refractivity contribution < 1.29 is 9.50 Å². The Bertz CT molecular complexity index is 1140. The van der Waals surface area contributed by atoms with Gasteiger partial charge in [-0.3, -0.25) is 4.98 Å². The molecule has 2 aromatic carbocycles. The third-order valence-electron chi connectivity index (χ3n) is 4.30. The van der Waals surface area contributed by atoms with Crippen molar-refractivity contribution in [3.8, 4) is 5.69 Å². The quantitative estimate of drug-likeness (QED) is 0.534. The lowest BCUT2D eigenvalue weighted by Gasteiger charge is -2.15. The maximum Gasteiger partial charge on any atom is 0.141 e. The van der Waals surface area contributed by atoms with Crippen LogP contribution >= 0.6 is 11.6 Å². The molecule has 0 spiro atoms. The predicted molar refractivity (Wildman–Crippen MR) is 104 cm³/mol. The summed E-state index contributed by atoms with van der Waals surface area (Å²) >= 11 is 5.89. The summed E-state index contributed by atoms with van der Waals surface area (Å²) in [5, 5.41) is 13.9. The minimum atomic E-state index is -0.484. The first kappa shape index (κ1) is 17.5. The van der Waals surface area contributed by atoms with Crippen LogP contribution in [0.3, 0.4) is 0 Å². The second kappa shape index (κ2) is 6.98. The Hall–Kier alpha value is -2.96. The first-order chi connectivity index (χ1) is 13.0. The molecule has 4 rings (SSSR count). The molecule has 7 heteroatoms. The van der Waals surface area contributed by atoms with Gasteiger partial charge in [-0.15, -0.1) is 0 Å². The summed E-state index contributed by atoms with van der Waals surface area (Å²) in [6.45, 7) is 1.74. The molecule has 2 heterocycles. The standard InChI is InChI=1S/C20H16ClFN4O/c1-12-9-26(11-24-12)15-3-5-19-16(7-15)20(13(10-27)8-23-19)25-14-2-4-18(22)17(21)6-14/h2-9,11,27H,10H2,1H3,(H,23,25). The first-order valence-electron chi connectivity index (χ1n) is 8.30. The zero-order valence-electron chi connectivity index (χ0n) is 14.4. The van der Waals surface area contributed by atoms with Gasteiger partial charge in [0.2, 0.25) is 0 Å². The lowest BCUT2D eigenvalue weighted by Crippen LogP contribution is -2.00. The molecule has 2 aromatic heterocycles. The van der Waals surface area contributed by atoms with Crippen LogP contribution in [0.1, 0.15) is 11.3 Å². The molecule has 2 N–H and O–H groups in total. The summed E-state index contributed by atoms with van der Waals surface area (Å²) in [5.74, 6) is -0.484. The topological polar surface area (TPSA) is 63.0 Å². The second-order valence-corrected chi connectivity index (χ2v) is 6.60. The number of nitrogens with one attached hydrogen (secondary N) is 1. The molecule has 0 bridgehead atoms. The van der Waals surface area contributed by atoms with Crippen molar-refractivity contribution in [2.75, 3.05) is 5.32 Å². The van der Waals surface area contributed by atoms with Gasteiger partial charge in [-0.1, -0.05) is 11.6 Å². The largest absolute Gasteiger partial charge is 0.392 e. The number of imidazole rings is 1. The molecule has 0 aliphatic rings. The Morgan fingerprint density at radius 3 is 2.74 bits per heavy atom. The molecular weight excluding hydrogens is 367 g/mol. The molecule has 0 amide bonds. The summed E-state index contributed by atoms with van der Waals surface area (Å²) in [7, 11) is 0. The Morgan fingerprint density at radius 2 is 2.04 bits per heavy atom. The van der Waals surface area contributed by atoms with E-state index in [0.29, 0.717) is 16.9 Å². The fourth-order valence-corrected chi connectivity index (χ4v) is 3.11. The van der Waals surface area contributed by atoms with Gasteiger partial charge >= 0.3 is 0 Å². The number of rotatable bonds is 4. The molecule has 136 valence electrons. The van der Waals surface area contributed by atoms with Crippen LogP contribution in [0.4, 0.5) is 15.8 Å². The molecule has 27 heavy (non-hydrogen) atoms. The van der Waals surface area contributed by atoms with Crippen molar-refractivity contribution in [2.45, 2.75) is 13.5 Å². The van der Waals surface area contributed by atoms with Crippen LogP contribution in [0.5, 0.6) is 0 Å². The number of aromatic nitrogens is 3. The average molecular weight is 383 g/mol. The van der Waals surface area contributed by atoms with E-state index in [0.717, 1.165) is 22.3 Å². The first-order valence-corrected chi connectivity index (χ1v) is 8.68. The van der Waals surface area contributed by atoms with E-state index in [-0.39, 0.29) is 11.6 Å². The van der Waals surface area contributed by atoms with E-state index in [1.807, 2.05) is 35.9 Å².